The van der Waals surface area contributed by atoms with Crippen LogP contribution in [0.3, 0.4) is 0 Å². The third-order valence-corrected chi connectivity index (χ3v) is 9.10. The molecule has 1 spiro atoms. The molecule has 4 saturated carbocycles. The first-order valence-electron chi connectivity index (χ1n) is 9.67. The van der Waals surface area contributed by atoms with Gasteiger partial charge in [-0.3, -0.25) is 4.79 Å². The summed E-state index contributed by atoms with van der Waals surface area (Å²) in [6, 6.07) is 2.25. The lowest BCUT2D eigenvalue weighted by molar-refractivity contribution is -0.138. The predicted molar refractivity (Wildman–Crippen MR) is 86.7 cm³/mol. The minimum Gasteiger partial charge on any atom is -0.393 e. The molecule has 24 heavy (non-hydrogen) atoms. The lowest BCUT2D eigenvalue weighted by atomic mass is 9.44. The van der Waals surface area contributed by atoms with Gasteiger partial charge in [-0.1, -0.05) is 13.8 Å². The van der Waals surface area contributed by atoms with Crippen molar-refractivity contribution >= 4 is 5.78 Å². The molecule has 0 radical (unpaired) electrons. The number of Topliss-reactive ketones (excluding diaryl/α,β-unsaturated/α-hetero) is 1. The fourth-order valence-corrected chi connectivity index (χ4v) is 7.66. The van der Waals surface area contributed by atoms with Crippen molar-refractivity contribution in [2.24, 2.45) is 34.5 Å². The molecule has 130 valence electrons. The van der Waals surface area contributed by atoms with Crippen LogP contribution in [-0.4, -0.2) is 28.7 Å². The summed E-state index contributed by atoms with van der Waals surface area (Å²) in [5, 5.41) is 20.0. The topological polar surface area (TPSA) is 73.6 Å². The summed E-state index contributed by atoms with van der Waals surface area (Å²) >= 11 is 0. The van der Waals surface area contributed by atoms with E-state index in [1.807, 2.05) is 0 Å². The molecule has 5 aliphatic rings. The lowest BCUT2D eigenvalue weighted by Gasteiger charge is -2.59. The first kappa shape index (κ1) is 15.3. The van der Waals surface area contributed by atoms with Crippen LogP contribution in [0.25, 0.3) is 0 Å². The number of carbonyl (C=O) groups excluding carboxylic acids is 1. The van der Waals surface area contributed by atoms with Crippen LogP contribution in [0.5, 0.6) is 0 Å². The SMILES string of the molecule is C[C@]12CC[C@H]3[C@@H](CC[C@@]45O[C@@H]4C(=O)[C@H](C#N)C[C@]35C)[C@@H]1CCC2O. The first-order chi connectivity index (χ1) is 11.4. The zero-order chi connectivity index (χ0) is 16.9. The summed E-state index contributed by atoms with van der Waals surface area (Å²) in [7, 11) is 0. The van der Waals surface area contributed by atoms with Crippen LogP contribution in [0.1, 0.15) is 58.8 Å². The van der Waals surface area contributed by atoms with E-state index in [2.05, 4.69) is 19.9 Å². The fraction of sp³-hybridized carbons (Fsp3) is 0.900. The van der Waals surface area contributed by atoms with E-state index in [-0.39, 0.29) is 34.4 Å². The number of fused-ring (bicyclic) bond motifs is 4. The number of hydrogen-bond donors (Lipinski definition) is 1. The molecule has 1 unspecified atom stereocenters. The Labute approximate surface area is 143 Å². The van der Waals surface area contributed by atoms with Gasteiger partial charge >= 0.3 is 0 Å². The monoisotopic (exact) mass is 329 g/mol. The highest BCUT2D eigenvalue weighted by atomic mass is 16.6. The second kappa shape index (κ2) is 4.43. The van der Waals surface area contributed by atoms with Crippen LogP contribution in [0.15, 0.2) is 0 Å². The number of nitrogens with zero attached hydrogens (tertiary/aromatic N) is 1. The molecule has 1 aliphatic heterocycles. The van der Waals surface area contributed by atoms with Gasteiger partial charge in [0, 0.05) is 5.41 Å². The van der Waals surface area contributed by atoms with E-state index < -0.39 is 5.92 Å². The van der Waals surface area contributed by atoms with Gasteiger partial charge in [0.05, 0.1) is 12.2 Å². The quantitative estimate of drug-likeness (QED) is 0.694. The predicted octanol–water partition coefficient (Wildman–Crippen LogP) is 2.84. The van der Waals surface area contributed by atoms with Crippen LogP contribution in [-0.2, 0) is 9.53 Å². The highest BCUT2D eigenvalue weighted by molar-refractivity contribution is 5.92. The highest BCUT2D eigenvalue weighted by Crippen LogP contribution is 2.72. The van der Waals surface area contributed by atoms with E-state index in [1.54, 1.807) is 0 Å². The van der Waals surface area contributed by atoms with E-state index in [1.165, 1.54) is 0 Å². The molecule has 0 amide bonds. The zero-order valence-corrected chi connectivity index (χ0v) is 14.6. The van der Waals surface area contributed by atoms with E-state index in [0.29, 0.717) is 24.2 Å². The van der Waals surface area contributed by atoms with Crippen LogP contribution in [0.2, 0.25) is 0 Å². The Hall–Kier alpha value is -0.920. The normalized spacial score (nSPS) is 61.2. The molecule has 1 N–H and O–H groups in total. The van der Waals surface area contributed by atoms with E-state index >= 15 is 0 Å². The molecule has 0 bridgehead atoms. The summed E-state index contributed by atoms with van der Waals surface area (Å²) in [6.07, 6.45) is 6.53. The Balaban J connectivity index is 1.53. The van der Waals surface area contributed by atoms with Crippen LogP contribution >= 0.6 is 0 Å². The largest absolute Gasteiger partial charge is 0.393 e. The van der Waals surface area contributed by atoms with Crippen molar-refractivity contribution in [2.45, 2.75) is 76.6 Å². The number of nitriles is 1. The van der Waals surface area contributed by atoms with Crippen molar-refractivity contribution in [3.05, 3.63) is 0 Å². The summed E-state index contributed by atoms with van der Waals surface area (Å²) in [5.74, 6) is 1.29. The van der Waals surface area contributed by atoms with Crippen molar-refractivity contribution in [1.82, 2.24) is 0 Å². The van der Waals surface area contributed by atoms with Crippen LogP contribution in [0, 0.1) is 45.8 Å². The van der Waals surface area contributed by atoms with Gasteiger partial charge in [-0.05, 0) is 68.1 Å². The Morgan fingerprint density at radius 1 is 1.17 bits per heavy atom. The van der Waals surface area contributed by atoms with Crippen molar-refractivity contribution in [3.63, 3.8) is 0 Å². The number of aliphatic hydroxyl groups excluding tert-OH is 1. The summed E-state index contributed by atoms with van der Waals surface area (Å²) < 4.78 is 6.07. The number of aliphatic hydroxyl groups is 1. The van der Waals surface area contributed by atoms with Crippen molar-refractivity contribution in [3.8, 4) is 6.07 Å². The maximum Gasteiger partial charge on any atom is 0.181 e. The Kier molecular flexibility index (Phi) is 2.83. The van der Waals surface area contributed by atoms with Gasteiger partial charge in [-0.2, -0.15) is 5.26 Å². The molecule has 0 aromatic carbocycles. The van der Waals surface area contributed by atoms with Crippen LogP contribution in [0.4, 0.5) is 0 Å². The minimum absolute atomic E-state index is 0.0327. The van der Waals surface area contributed by atoms with E-state index in [0.717, 1.165) is 38.5 Å². The average Bonchev–Trinajstić information content (AvgIpc) is 3.23. The molecule has 4 nitrogen and oxygen atoms in total. The second-order valence-corrected chi connectivity index (χ2v) is 9.65. The molecule has 4 heteroatoms. The third-order valence-electron chi connectivity index (χ3n) is 9.10. The third kappa shape index (κ3) is 1.51. The smallest absolute Gasteiger partial charge is 0.181 e. The Morgan fingerprint density at radius 2 is 1.96 bits per heavy atom. The summed E-state index contributed by atoms with van der Waals surface area (Å²) in [6.45, 7) is 4.59. The zero-order valence-electron chi connectivity index (χ0n) is 14.6. The molecule has 5 fully saturated rings. The fourth-order valence-electron chi connectivity index (χ4n) is 7.66. The maximum absolute atomic E-state index is 12.4. The number of ketones is 1. The van der Waals surface area contributed by atoms with E-state index in [9.17, 15) is 15.2 Å². The van der Waals surface area contributed by atoms with Crippen molar-refractivity contribution in [2.75, 3.05) is 0 Å². The Bertz CT molecular complexity index is 656. The van der Waals surface area contributed by atoms with Gasteiger partial charge in [0.25, 0.3) is 0 Å². The number of hydrogen-bond acceptors (Lipinski definition) is 4. The first-order valence-corrected chi connectivity index (χ1v) is 9.67. The molecular weight excluding hydrogens is 302 g/mol. The molecule has 1 heterocycles. The maximum atomic E-state index is 12.4. The number of carbonyl (C=O) groups is 1. The number of ether oxygens (including phenoxy) is 1. The highest BCUT2D eigenvalue weighted by Gasteiger charge is 2.78. The molecule has 9 atom stereocenters. The minimum atomic E-state index is -0.489. The Morgan fingerprint density at radius 3 is 2.71 bits per heavy atom. The molecular formula is C20H27NO3. The summed E-state index contributed by atoms with van der Waals surface area (Å²) in [4.78, 5) is 12.4. The number of rotatable bonds is 0. The summed E-state index contributed by atoms with van der Waals surface area (Å²) in [5.41, 5.74) is -0.252. The van der Waals surface area contributed by atoms with Gasteiger partial charge in [0.1, 0.15) is 17.6 Å². The standard InChI is InChI=1S/C20H27NO3/c1-18-7-6-14-12(13(18)3-4-15(18)22)5-8-20-17(24-20)16(23)11(10-21)9-19(14,20)2/h11-15,17,22H,3-9H2,1-2H3/t11-,12-,13-,14-,15?,17+,18-,19+,20+/m0/s1. The second-order valence-electron chi connectivity index (χ2n) is 9.65. The van der Waals surface area contributed by atoms with Crippen LogP contribution < -0.4 is 0 Å². The van der Waals surface area contributed by atoms with Gasteiger partial charge in [-0.15, -0.1) is 0 Å². The van der Waals surface area contributed by atoms with E-state index in [4.69, 9.17) is 4.74 Å². The molecule has 1 saturated heterocycles. The van der Waals surface area contributed by atoms with Crippen molar-refractivity contribution < 1.29 is 14.6 Å². The van der Waals surface area contributed by atoms with Gasteiger partial charge in [-0.25, -0.2) is 0 Å². The molecule has 0 aromatic rings. The van der Waals surface area contributed by atoms with Gasteiger partial charge in [0.15, 0.2) is 5.78 Å². The molecule has 4 aliphatic carbocycles. The number of epoxide rings is 1. The van der Waals surface area contributed by atoms with Gasteiger partial charge < -0.3 is 9.84 Å². The average molecular weight is 329 g/mol. The van der Waals surface area contributed by atoms with Crippen molar-refractivity contribution in [1.29, 1.82) is 5.26 Å². The van der Waals surface area contributed by atoms with Gasteiger partial charge in [0.2, 0.25) is 0 Å². The molecule has 0 aromatic heterocycles. The lowest BCUT2D eigenvalue weighted by Crippen LogP contribution is -2.59. The molecule has 5 rings (SSSR count).